The Hall–Kier alpha value is -3.79. The number of aromatic hydroxyl groups is 1. The highest BCUT2D eigenvalue weighted by molar-refractivity contribution is 5.70. The summed E-state index contributed by atoms with van der Waals surface area (Å²) in [4.78, 5) is 0. The quantitative estimate of drug-likeness (QED) is 0.659. The molecule has 7 heteroatoms. The third kappa shape index (κ3) is 2.45. The molecule has 4 N–H and O–H groups in total. The van der Waals surface area contributed by atoms with Crippen molar-refractivity contribution in [1.29, 1.82) is 5.26 Å². The molecule has 1 aromatic heterocycles. The van der Waals surface area contributed by atoms with E-state index in [1.807, 2.05) is 0 Å². The fourth-order valence-electron chi connectivity index (χ4n) is 3.08. The van der Waals surface area contributed by atoms with Crippen molar-refractivity contribution in [2.24, 2.45) is 5.73 Å². The molecule has 0 radical (unpaired) electrons. The first kappa shape index (κ1) is 15.7. The lowest BCUT2D eigenvalue weighted by atomic mass is 9.83. The van der Waals surface area contributed by atoms with Crippen molar-refractivity contribution < 1.29 is 14.2 Å². The van der Waals surface area contributed by atoms with Gasteiger partial charge in [0, 0.05) is 5.56 Å². The summed E-state index contributed by atoms with van der Waals surface area (Å²) in [6.45, 7) is 0. The van der Waals surface area contributed by atoms with E-state index in [0.29, 0.717) is 16.8 Å². The second kappa shape index (κ2) is 5.93. The molecule has 1 aliphatic heterocycles. The van der Waals surface area contributed by atoms with Crippen molar-refractivity contribution in [1.82, 2.24) is 10.2 Å². The molecule has 0 spiro atoms. The van der Waals surface area contributed by atoms with Crippen molar-refractivity contribution in [2.45, 2.75) is 5.92 Å². The first-order chi connectivity index (χ1) is 12.6. The Morgan fingerprint density at radius 3 is 2.50 bits per heavy atom. The highest BCUT2D eigenvalue weighted by atomic mass is 19.1. The van der Waals surface area contributed by atoms with Gasteiger partial charge >= 0.3 is 0 Å². The first-order valence-corrected chi connectivity index (χ1v) is 7.79. The topological polar surface area (TPSA) is 108 Å². The number of benzene rings is 2. The van der Waals surface area contributed by atoms with Crippen molar-refractivity contribution in [3.63, 3.8) is 0 Å². The molecule has 1 aliphatic rings. The Labute approximate surface area is 148 Å². The van der Waals surface area contributed by atoms with E-state index < -0.39 is 5.92 Å². The Morgan fingerprint density at radius 1 is 1.15 bits per heavy atom. The van der Waals surface area contributed by atoms with Crippen LogP contribution in [0, 0.1) is 17.1 Å². The predicted molar refractivity (Wildman–Crippen MR) is 91.4 cm³/mol. The number of H-pyrrole nitrogens is 1. The van der Waals surface area contributed by atoms with Crippen LogP contribution >= 0.6 is 0 Å². The van der Waals surface area contributed by atoms with E-state index in [2.05, 4.69) is 16.3 Å². The summed E-state index contributed by atoms with van der Waals surface area (Å²) < 4.78 is 18.8. The summed E-state index contributed by atoms with van der Waals surface area (Å²) >= 11 is 0. The number of hydrogen-bond acceptors (Lipinski definition) is 5. The average molecular weight is 348 g/mol. The van der Waals surface area contributed by atoms with E-state index in [1.54, 1.807) is 24.3 Å². The fourth-order valence-corrected chi connectivity index (χ4v) is 3.08. The van der Waals surface area contributed by atoms with Crippen molar-refractivity contribution in [3.8, 4) is 29.0 Å². The smallest absolute Gasteiger partial charge is 0.244 e. The van der Waals surface area contributed by atoms with E-state index in [4.69, 9.17) is 10.5 Å². The number of allylic oxidation sites excluding steroid dienone is 1. The molecule has 2 heterocycles. The summed E-state index contributed by atoms with van der Waals surface area (Å²) in [6, 6.07) is 14.5. The number of nitrogens with one attached hydrogen (secondary N) is 1. The summed E-state index contributed by atoms with van der Waals surface area (Å²) in [7, 11) is 0. The number of nitrogens with zero attached hydrogens (tertiary/aromatic N) is 2. The van der Waals surface area contributed by atoms with Gasteiger partial charge in [-0.2, -0.15) is 5.26 Å². The highest BCUT2D eigenvalue weighted by Crippen LogP contribution is 2.45. The molecule has 0 fully saturated rings. The zero-order chi connectivity index (χ0) is 18.3. The van der Waals surface area contributed by atoms with Crippen LogP contribution in [0.15, 0.2) is 60.0 Å². The fraction of sp³-hybridized carbons (Fsp3) is 0.0526. The number of hydrogen-bond donors (Lipinski definition) is 3. The Morgan fingerprint density at radius 2 is 1.85 bits per heavy atom. The molecule has 1 unspecified atom stereocenters. The monoisotopic (exact) mass is 348 g/mol. The highest BCUT2D eigenvalue weighted by Gasteiger charge is 2.35. The zero-order valence-corrected chi connectivity index (χ0v) is 13.4. The third-order valence-corrected chi connectivity index (χ3v) is 4.30. The number of fused-ring (bicyclic) bond motifs is 1. The average Bonchev–Trinajstić information content (AvgIpc) is 3.05. The zero-order valence-electron chi connectivity index (χ0n) is 13.4. The van der Waals surface area contributed by atoms with Crippen LogP contribution in [0.1, 0.15) is 17.0 Å². The Bertz CT molecular complexity index is 1050. The van der Waals surface area contributed by atoms with Crippen molar-refractivity contribution in [3.05, 3.63) is 76.9 Å². The molecule has 128 valence electrons. The summed E-state index contributed by atoms with van der Waals surface area (Å²) in [5.41, 5.74) is 8.84. The van der Waals surface area contributed by atoms with Gasteiger partial charge in [-0.05, 0) is 42.0 Å². The maximum absolute atomic E-state index is 13.3. The van der Waals surface area contributed by atoms with E-state index in [-0.39, 0.29) is 28.9 Å². The molecular formula is C19H13FN4O2. The molecule has 0 saturated heterocycles. The van der Waals surface area contributed by atoms with Gasteiger partial charge in [-0.1, -0.05) is 12.1 Å². The van der Waals surface area contributed by atoms with Crippen LogP contribution in [-0.2, 0) is 0 Å². The number of ether oxygens (including phenoxy) is 1. The SMILES string of the molecule is N#CC1=C(N)Oc2n[nH]c(-c3ccc(F)cc3)c2C1c1ccc(O)cc1. The molecule has 0 saturated carbocycles. The van der Waals surface area contributed by atoms with Gasteiger partial charge in [-0.15, -0.1) is 5.10 Å². The lowest BCUT2D eigenvalue weighted by Gasteiger charge is -2.24. The second-order valence-corrected chi connectivity index (χ2v) is 5.84. The molecule has 0 aliphatic carbocycles. The Kier molecular flexibility index (Phi) is 3.59. The molecule has 0 bridgehead atoms. The van der Waals surface area contributed by atoms with Crippen LogP contribution in [0.4, 0.5) is 4.39 Å². The standard InChI is InChI=1S/C19H13FN4O2/c20-12-5-1-11(2-6-12)17-16-15(10-3-7-13(25)8-4-10)14(9-21)18(22)26-19(16)24-23-17/h1-8,15,25H,22H2,(H,23,24). The van der Waals surface area contributed by atoms with Gasteiger partial charge in [0.25, 0.3) is 0 Å². The minimum Gasteiger partial charge on any atom is -0.508 e. The van der Waals surface area contributed by atoms with Crippen LogP contribution < -0.4 is 10.5 Å². The minimum atomic E-state index is -0.525. The largest absolute Gasteiger partial charge is 0.508 e. The van der Waals surface area contributed by atoms with Gasteiger partial charge in [0.1, 0.15) is 23.2 Å². The molecule has 26 heavy (non-hydrogen) atoms. The number of halogens is 1. The van der Waals surface area contributed by atoms with Gasteiger partial charge in [0.15, 0.2) is 0 Å². The second-order valence-electron chi connectivity index (χ2n) is 5.84. The minimum absolute atomic E-state index is 0.0183. The number of nitrogens with two attached hydrogens (primary N) is 1. The summed E-state index contributed by atoms with van der Waals surface area (Å²) in [6.07, 6.45) is 0. The maximum atomic E-state index is 13.3. The summed E-state index contributed by atoms with van der Waals surface area (Å²) in [5.74, 6) is -0.518. The molecular weight excluding hydrogens is 335 g/mol. The van der Waals surface area contributed by atoms with Gasteiger partial charge in [-0.25, -0.2) is 4.39 Å². The predicted octanol–water partition coefficient (Wildman–Crippen LogP) is 3.14. The molecule has 1 atom stereocenters. The van der Waals surface area contributed by atoms with Crippen LogP contribution in [0.3, 0.4) is 0 Å². The number of aromatic amines is 1. The lowest BCUT2D eigenvalue weighted by Crippen LogP contribution is -2.20. The normalized spacial score (nSPS) is 15.9. The van der Waals surface area contributed by atoms with E-state index >= 15 is 0 Å². The van der Waals surface area contributed by atoms with E-state index in [0.717, 1.165) is 5.56 Å². The molecule has 0 amide bonds. The van der Waals surface area contributed by atoms with E-state index in [1.165, 1.54) is 24.3 Å². The number of phenols is 1. The van der Waals surface area contributed by atoms with Crippen LogP contribution in [0.5, 0.6) is 11.6 Å². The lowest BCUT2D eigenvalue weighted by molar-refractivity contribution is 0.379. The third-order valence-electron chi connectivity index (χ3n) is 4.30. The molecule has 3 aromatic rings. The summed E-state index contributed by atoms with van der Waals surface area (Å²) in [5, 5.41) is 26.2. The molecule has 4 rings (SSSR count). The van der Waals surface area contributed by atoms with E-state index in [9.17, 15) is 14.8 Å². The van der Waals surface area contributed by atoms with Crippen LogP contribution in [0.2, 0.25) is 0 Å². The van der Waals surface area contributed by atoms with Gasteiger partial charge in [0.2, 0.25) is 11.8 Å². The number of phenolic OH excluding ortho intramolecular Hbond substituents is 1. The number of aromatic nitrogens is 2. The first-order valence-electron chi connectivity index (χ1n) is 7.79. The van der Waals surface area contributed by atoms with Crippen LogP contribution in [-0.4, -0.2) is 15.3 Å². The molecule has 6 nitrogen and oxygen atoms in total. The number of nitriles is 1. The molecule has 2 aromatic carbocycles. The van der Waals surface area contributed by atoms with Crippen molar-refractivity contribution in [2.75, 3.05) is 0 Å². The van der Waals surface area contributed by atoms with Crippen LogP contribution in [0.25, 0.3) is 11.3 Å². The van der Waals surface area contributed by atoms with Crippen molar-refractivity contribution >= 4 is 0 Å². The number of rotatable bonds is 2. The van der Waals surface area contributed by atoms with Gasteiger partial charge in [-0.3, -0.25) is 5.10 Å². The Balaban J connectivity index is 1.93. The van der Waals surface area contributed by atoms with Gasteiger partial charge < -0.3 is 15.6 Å². The maximum Gasteiger partial charge on any atom is 0.244 e. The van der Waals surface area contributed by atoms with Gasteiger partial charge in [0.05, 0.1) is 17.2 Å².